The zero-order valence-corrected chi connectivity index (χ0v) is 12.6. The lowest BCUT2D eigenvalue weighted by molar-refractivity contribution is 0.255. The summed E-state index contributed by atoms with van der Waals surface area (Å²) in [6.45, 7) is 16.5. The third-order valence-corrected chi connectivity index (χ3v) is 4.60. The molecule has 0 saturated carbocycles. The quantitative estimate of drug-likeness (QED) is 0.481. The van der Waals surface area contributed by atoms with E-state index in [-0.39, 0.29) is 0 Å². The number of rotatable bonds is 8. The average Bonchev–Trinajstić information content (AvgIpc) is 2.25. The van der Waals surface area contributed by atoms with Crippen molar-refractivity contribution in [1.82, 2.24) is 0 Å². The molecular formula is C15H32B. The van der Waals surface area contributed by atoms with Crippen molar-refractivity contribution in [2.75, 3.05) is 0 Å². The maximum Gasteiger partial charge on any atom is 0.114 e. The maximum atomic E-state index is 2.43. The molecule has 0 spiro atoms. The Hall–Kier alpha value is 0.0649. The molecule has 0 heterocycles. The van der Waals surface area contributed by atoms with Crippen molar-refractivity contribution in [3.05, 3.63) is 0 Å². The Kier molecular flexibility index (Phi) is 7.43. The van der Waals surface area contributed by atoms with Gasteiger partial charge in [-0.1, -0.05) is 72.9 Å². The van der Waals surface area contributed by atoms with Crippen LogP contribution in [-0.2, 0) is 0 Å². The minimum Gasteiger partial charge on any atom is -0.0914 e. The molecule has 1 radical (unpaired) electrons. The van der Waals surface area contributed by atoms with E-state index >= 15 is 0 Å². The van der Waals surface area contributed by atoms with Crippen LogP contribution in [0.3, 0.4) is 0 Å². The largest absolute Gasteiger partial charge is 0.114 e. The van der Waals surface area contributed by atoms with E-state index in [0.29, 0.717) is 5.31 Å². The van der Waals surface area contributed by atoms with Gasteiger partial charge in [-0.2, -0.15) is 0 Å². The van der Waals surface area contributed by atoms with E-state index in [4.69, 9.17) is 0 Å². The van der Waals surface area contributed by atoms with Gasteiger partial charge in [-0.25, -0.2) is 0 Å². The molecule has 0 aliphatic heterocycles. The van der Waals surface area contributed by atoms with Crippen LogP contribution in [0.25, 0.3) is 0 Å². The predicted octanol–water partition coefficient (Wildman–Crippen LogP) is 5.43. The summed E-state index contributed by atoms with van der Waals surface area (Å²) in [5.74, 6) is 2.50. The Labute approximate surface area is 105 Å². The fraction of sp³-hybridized carbons (Fsp3) is 1.00. The van der Waals surface area contributed by atoms with Crippen LogP contribution in [-0.4, -0.2) is 7.28 Å². The molecule has 0 aliphatic carbocycles. The van der Waals surface area contributed by atoms with Crippen LogP contribution in [0.1, 0.15) is 67.2 Å². The van der Waals surface area contributed by atoms with Crippen molar-refractivity contribution < 1.29 is 0 Å². The van der Waals surface area contributed by atoms with E-state index in [9.17, 15) is 0 Å². The highest BCUT2D eigenvalue weighted by molar-refractivity contribution is 6.38. The van der Waals surface area contributed by atoms with Gasteiger partial charge in [0, 0.05) is 0 Å². The second-order valence-corrected chi connectivity index (χ2v) is 6.36. The standard InChI is InChI=1S/C15H32B/c1-8-9-10-12(2)11-13(3)14(4)15(5,6)16-7/h12-14H,8-11H2,1-7H3. The van der Waals surface area contributed by atoms with Gasteiger partial charge in [0.05, 0.1) is 0 Å². The van der Waals surface area contributed by atoms with Crippen LogP contribution >= 0.6 is 0 Å². The topological polar surface area (TPSA) is 0 Å². The molecule has 0 bridgehead atoms. The van der Waals surface area contributed by atoms with E-state index in [2.05, 4.69) is 55.6 Å². The fourth-order valence-electron chi connectivity index (χ4n) is 2.51. The molecule has 0 rings (SSSR count). The van der Waals surface area contributed by atoms with Crippen LogP contribution in [0.15, 0.2) is 0 Å². The van der Waals surface area contributed by atoms with Crippen molar-refractivity contribution in [2.24, 2.45) is 17.8 Å². The summed E-state index contributed by atoms with van der Waals surface area (Å²) in [6.07, 6.45) is 5.52. The molecule has 0 aliphatic rings. The van der Waals surface area contributed by atoms with Crippen molar-refractivity contribution in [3.63, 3.8) is 0 Å². The van der Waals surface area contributed by atoms with Gasteiger partial charge >= 0.3 is 0 Å². The van der Waals surface area contributed by atoms with Gasteiger partial charge in [-0.15, -0.1) is 0 Å². The highest BCUT2D eigenvalue weighted by Gasteiger charge is 2.28. The minimum absolute atomic E-state index is 0.379. The molecule has 0 aromatic heterocycles. The van der Waals surface area contributed by atoms with Crippen molar-refractivity contribution in [2.45, 2.75) is 79.4 Å². The van der Waals surface area contributed by atoms with E-state index in [1.54, 1.807) is 0 Å². The number of hydrogen-bond donors (Lipinski definition) is 0. The smallest absolute Gasteiger partial charge is 0.0914 e. The summed E-state index contributed by atoms with van der Waals surface area (Å²) in [7, 11) is 2.37. The Bertz CT molecular complexity index is 174. The Morgan fingerprint density at radius 1 is 1.12 bits per heavy atom. The summed E-state index contributed by atoms with van der Waals surface area (Å²) in [6, 6.07) is 0. The molecule has 0 aromatic rings. The van der Waals surface area contributed by atoms with Crippen molar-refractivity contribution >= 4 is 7.28 Å². The summed E-state index contributed by atoms with van der Waals surface area (Å²) < 4.78 is 0. The number of hydrogen-bond acceptors (Lipinski definition) is 0. The van der Waals surface area contributed by atoms with E-state index in [0.717, 1.165) is 17.8 Å². The summed E-state index contributed by atoms with van der Waals surface area (Å²) >= 11 is 0. The van der Waals surface area contributed by atoms with Gasteiger partial charge in [0.25, 0.3) is 0 Å². The fourth-order valence-corrected chi connectivity index (χ4v) is 2.51. The monoisotopic (exact) mass is 223 g/mol. The van der Waals surface area contributed by atoms with E-state index in [1.807, 2.05) is 0 Å². The van der Waals surface area contributed by atoms with Gasteiger partial charge in [-0.3, -0.25) is 0 Å². The van der Waals surface area contributed by atoms with Crippen LogP contribution in [0.4, 0.5) is 0 Å². The Morgan fingerprint density at radius 3 is 2.12 bits per heavy atom. The lowest BCUT2D eigenvalue weighted by Gasteiger charge is -2.36. The van der Waals surface area contributed by atoms with Gasteiger partial charge in [0.15, 0.2) is 0 Å². The first-order chi connectivity index (χ1) is 7.35. The molecule has 1 heteroatoms. The Balaban J connectivity index is 4.09. The van der Waals surface area contributed by atoms with Gasteiger partial charge < -0.3 is 0 Å². The zero-order chi connectivity index (χ0) is 12.8. The molecule has 0 nitrogen and oxygen atoms in total. The van der Waals surface area contributed by atoms with Crippen molar-refractivity contribution in [3.8, 4) is 0 Å². The second kappa shape index (κ2) is 7.40. The van der Waals surface area contributed by atoms with Crippen LogP contribution in [0, 0.1) is 17.8 Å². The third-order valence-electron chi connectivity index (χ3n) is 4.60. The molecule has 95 valence electrons. The molecule has 0 N–H and O–H groups in total. The zero-order valence-electron chi connectivity index (χ0n) is 12.6. The molecule has 3 unspecified atom stereocenters. The molecule has 0 aromatic carbocycles. The Morgan fingerprint density at radius 2 is 1.69 bits per heavy atom. The predicted molar refractivity (Wildman–Crippen MR) is 77.3 cm³/mol. The third kappa shape index (κ3) is 5.41. The molecule has 0 fully saturated rings. The van der Waals surface area contributed by atoms with Gasteiger partial charge in [0.1, 0.15) is 7.28 Å². The normalized spacial score (nSPS) is 17.9. The molecular weight excluding hydrogens is 191 g/mol. The lowest BCUT2D eigenvalue weighted by atomic mass is 9.49. The van der Waals surface area contributed by atoms with Crippen LogP contribution in [0.5, 0.6) is 0 Å². The molecule has 3 atom stereocenters. The van der Waals surface area contributed by atoms with Crippen LogP contribution < -0.4 is 0 Å². The minimum atomic E-state index is 0.379. The second-order valence-electron chi connectivity index (χ2n) is 6.36. The average molecular weight is 223 g/mol. The number of unbranched alkanes of at least 4 members (excludes halogenated alkanes) is 1. The lowest BCUT2D eigenvalue weighted by Crippen LogP contribution is -2.26. The van der Waals surface area contributed by atoms with Crippen molar-refractivity contribution in [1.29, 1.82) is 0 Å². The SMILES string of the molecule is C[B]C(C)(C)C(C)C(C)CC(C)CCCC. The first kappa shape index (κ1) is 16.1. The van der Waals surface area contributed by atoms with E-state index in [1.165, 1.54) is 25.7 Å². The van der Waals surface area contributed by atoms with Gasteiger partial charge in [-0.05, 0) is 24.2 Å². The first-order valence-corrected chi connectivity index (χ1v) is 7.15. The summed E-state index contributed by atoms with van der Waals surface area (Å²) in [5.41, 5.74) is 0. The maximum absolute atomic E-state index is 2.43. The van der Waals surface area contributed by atoms with Gasteiger partial charge in [0.2, 0.25) is 0 Å². The highest BCUT2D eigenvalue weighted by atomic mass is 14.3. The molecule has 0 saturated heterocycles. The molecule has 16 heavy (non-hydrogen) atoms. The van der Waals surface area contributed by atoms with Crippen LogP contribution in [0.2, 0.25) is 12.1 Å². The highest BCUT2D eigenvalue weighted by Crippen LogP contribution is 2.40. The van der Waals surface area contributed by atoms with E-state index < -0.39 is 0 Å². The summed E-state index contributed by atoms with van der Waals surface area (Å²) in [4.78, 5) is 0. The molecule has 0 amide bonds. The first-order valence-electron chi connectivity index (χ1n) is 7.15. The summed E-state index contributed by atoms with van der Waals surface area (Å²) in [5, 5.41) is 0.379.